The van der Waals surface area contributed by atoms with Gasteiger partial charge >= 0.3 is 5.97 Å². The number of methoxy groups -OCH3 is 2. The maximum Gasteiger partial charge on any atom is 0.306 e. The Morgan fingerprint density at radius 1 is 0.745 bits per heavy atom. The van der Waals surface area contributed by atoms with Crippen molar-refractivity contribution in [3.05, 3.63) is 131 Å². The van der Waals surface area contributed by atoms with Gasteiger partial charge in [-0.05, 0) is 59.3 Å². The molecule has 7 heteroatoms. The van der Waals surface area contributed by atoms with E-state index in [-0.39, 0.29) is 37.8 Å². The number of ketones is 1. The highest BCUT2D eigenvalue weighted by atomic mass is 16.6. The van der Waals surface area contributed by atoms with Crippen LogP contribution in [0.15, 0.2) is 103 Å². The van der Waals surface area contributed by atoms with Gasteiger partial charge in [0.15, 0.2) is 5.60 Å². The first-order valence-corrected chi connectivity index (χ1v) is 17.4. The molecule has 0 aromatic heterocycles. The molecule has 7 nitrogen and oxygen atoms in total. The molecule has 1 atom stereocenters. The highest BCUT2D eigenvalue weighted by molar-refractivity contribution is 6.08. The van der Waals surface area contributed by atoms with Gasteiger partial charge in [-0.3, -0.25) is 9.59 Å². The molecule has 0 radical (unpaired) electrons. The zero-order valence-corrected chi connectivity index (χ0v) is 29.7. The van der Waals surface area contributed by atoms with Crippen LogP contribution >= 0.6 is 0 Å². The molecular weight excluding hydrogens is 640 g/mol. The second kappa shape index (κ2) is 13.7. The highest BCUT2D eigenvalue weighted by Gasteiger charge is 2.47. The standard InChI is InChI=1S/C44H42O7/c1-28(2)38(45)22-23-39(46)49-26-27-50-43(3)37-13-9-8-12-35(37)40-33-10-6-7-11-34(33)42-36(41(40)43)24-25-44(51-42,29-14-18-31(47-4)19-15-29)30-16-20-32(48-5)21-17-30/h6-21,24-25,28H,22-23,26-27H2,1-5H3. The van der Waals surface area contributed by atoms with E-state index in [4.69, 9.17) is 23.7 Å². The van der Waals surface area contributed by atoms with E-state index in [1.54, 1.807) is 14.2 Å². The number of carbonyl (C=O) groups is 2. The average molecular weight is 683 g/mol. The topological polar surface area (TPSA) is 80.3 Å². The quantitative estimate of drug-likeness (QED) is 0.0960. The van der Waals surface area contributed by atoms with Crippen molar-refractivity contribution in [3.63, 3.8) is 0 Å². The molecule has 51 heavy (non-hydrogen) atoms. The van der Waals surface area contributed by atoms with Crippen LogP contribution in [0.5, 0.6) is 17.2 Å². The van der Waals surface area contributed by atoms with Gasteiger partial charge in [-0.2, -0.15) is 0 Å². The number of hydrogen-bond donors (Lipinski definition) is 0. The summed E-state index contributed by atoms with van der Waals surface area (Å²) < 4.78 is 30.7. The van der Waals surface area contributed by atoms with Crippen molar-refractivity contribution in [1.82, 2.24) is 0 Å². The molecule has 0 amide bonds. The molecule has 2 aliphatic rings. The minimum atomic E-state index is -0.962. The average Bonchev–Trinajstić information content (AvgIpc) is 3.44. The lowest BCUT2D eigenvalue weighted by atomic mass is 9.80. The Bertz CT molecular complexity index is 2080. The summed E-state index contributed by atoms with van der Waals surface area (Å²) in [4.78, 5) is 24.5. The fourth-order valence-electron chi connectivity index (χ4n) is 7.41. The summed E-state index contributed by atoms with van der Waals surface area (Å²) in [5.74, 6) is 1.80. The molecule has 1 heterocycles. The summed E-state index contributed by atoms with van der Waals surface area (Å²) in [5.41, 5.74) is 5.20. The Morgan fingerprint density at radius 2 is 1.35 bits per heavy atom. The summed E-state index contributed by atoms with van der Waals surface area (Å²) in [6.07, 6.45) is 4.52. The third-order valence-electron chi connectivity index (χ3n) is 10.1. The SMILES string of the molecule is COc1ccc(C2(c3ccc(OC)cc3)C=Cc3c4c(c5ccccc5c3O2)-c2ccccc2C4(C)OCCOC(=O)CCC(=O)C(C)C)cc1. The minimum Gasteiger partial charge on any atom is -0.497 e. The van der Waals surface area contributed by atoms with Crippen molar-refractivity contribution in [1.29, 1.82) is 0 Å². The molecule has 7 rings (SSSR count). The van der Waals surface area contributed by atoms with Crippen molar-refractivity contribution in [3.8, 4) is 28.4 Å². The summed E-state index contributed by atoms with van der Waals surface area (Å²) in [6, 6.07) is 32.6. The number of Topliss-reactive ketones (excluding diaryl/α,β-unsaturated/α-hetero) is 1. The van der Waals surface area contributed by atoms with Gasteiger partial charge < -0.3 is 23.7 Å². The summed E-state index contributed by atoms with van der Waals surface area (Å²) in [7, 11) is 3.32. The normalized spacial score (nSPS) is 16.6. The molecule has 5 aromatic carbocycles. The van der Waals surface area contributed by atoms with E-state index in [1.807, 2.05) is 80.6 Å². The Labute approximate surface area is 298 Å². The van der Waals surface area contributed by atoms with Crippen molar-refractivity contribution in [2.45, 2.75) is 44.8 Å². The fourth-order valence-corrected chi connectivity index (χ4v) is 7.41. The largest absolute Gasteiger partial charge is 0.497 e. The monoisotopic (exact) mass is 682 g/mol. The van der Waals surface area contributed by atoms with Gasteiger partial charge in [0, 0.05) is 40.0 Å². The first kappa shape index (κ1) is 34.1. The van der Waals surface area contributed by atoms with Crippen LogP contribution in [0.2, 0.25) is 0 Å². The molecule has 0 N–H and O–H groups in total. The van der Waals surface area contributed by atoms with Crippen molar-refractivity contribution < 1.29 is 33.3 Å². The second-order valence-corrected chi connectivity index (χ2v) is 13.4. The number of benzene rings is 5. The number of fused-ring (bicyclic) bond motifs is 8. The van der Waals surface area contributed by atoms with Gasteiger partial charge in [-0.15, -0.1) is 0 Å². The number of hydrogen-bond acceptors (Lipinski definition) is 7. The Kier molecular flexibility index (Phi) is 9.17. The molecule has 0 saturated heterocycles. The fraction of sp³-hybridized carbons (Fsp3) is 0.273. The molecule has 1 aliphatic carbocycles. The first-order valence-electron chi connectivity index (χ1n) is 17.4. The van der Waals surface area contributed by atoms with Crippen molar-refractivity contribution in [2.75, 3.05) is 27.4 Å². The maximum atomic E-state index is 12.5. The smallest absolute Gasteiger partial charge is 0.306 e. The maximum absolute atomic E-state index is 12.5. The molecule has 0 fully saturated rings. The van der Waals surface area contributed by atoms with Gasteiger partial charge in [0.2, 0.25) is 0 Å². The zero-order valence-electron chi connectivity index (χ0n) is 29.7. The third-order valence-corrected chi connectivity index (χ3v) is 10.1. The highest BCUT2D eigenvalue weighted by Crippen LogP contribution is 2.58. The summed E-state index contributed by atoms with van der Waals surface area (Å²) >= 11 is 0. The van der Waals surface area contributed by atoms with E-state index in [1.165, 1.54) is 0 Å². The second-order valence-electron chi connectivity index (χ2n) is 13.4. The predicted molar refractivity (Wildman–Crippen MR) is 198 cm³/mol. The van der Waals surface area contributed by atoms with E-state index in [0.29, 0.717) is 0 Å². The number of carbonyl (C=O) groups excluding carboxylic acids is 2. The molecule has 0 bridgehead atoms. The van der Waals surface area contributed by atoms with Gasteiger partial charge in [0.25, 0.3) is 0 Å². The lowest BCUT2D eigenvalue weighted by molar-refractivity contribution is -0.148. The Balaban J connectivity index is 1.32. The van der Waals surface area contributed by atoms with E-state index in [0.717, 1.165) is 67.0 Å². The third kappa shape index (κ3) is 5.95. The molecule has 1 unspecified atom stereocenters. The van der Waals surface area contributed by atoms with E-state index < -0.39 is 17.2 Å². The van der Waals surface area contributed by atoms with Crippen LogP contribution < -0.4 is 14.2 Å². The first-order chi connectivity index (χ1) is 24.7. The van der Waals surface area contributed by atoms with Crippen LogP contribution in [0.1, 0.15) is 61.4 Å². The predicted octanol–water partition coefficient (Wildman–Crippen LogP) is 9.02. The zero-order chi connectivity index (χ0) is 35.8. The van der Waals surface area contributed by atoms with Crippen LogP contribution in [0, 0.1) is 5.92 Å². The van der Waals surface area contributed by atoms with E-state index in [9.17, 15) is 9.59 Å². The van der Waals surface area contributed by atoms with Crippen LogP contribution in [0.25, 0.3) is 28.0 Å². The number of esters is 1. The van der Waals surface area contributed by atoms with Crippen LogP contribution in [0.3, 0.4) is 0 Å². The number of rotatable bonds is 12. The van der Waals surface area contributed by atoms with Crippen molar-refractivity contribution >= 4 is 28.6 Å². The van der Waals surface area contributed by atoms with Crippen molar-refractivity contribution in [2.24, 2.45) is 5.92 Å². The molecule has 1 aliphatic heterocycles. The van der Waals surface area contributed by atoms with Gasteiger partial charge in [-0.1, -0.05) is 92.7 Å². The Morgan fingerprint density at radius 3 is 1.98 bits per heavy atom. The van der Waals surface area contributed by atoms with Crippen LogP contribution in [0.4, 0.5) is 0 Å². The molecule has 5 aromatic rings. The summed E-state index contributed by atoms with van der Waals surface area (Å²) in [5, 5.41) is 2.05. The molecule has 0 saturated carbocycles. The number of ether oxygens (including phenoxy) is 5. The minimum absolute atomic E-state index is 0.0464. The Hall–Kier alpha value is -5.40. The van der Waals surface area contributed by atoms with Gasteiger partial charge in [0.05, 0.1) is 27.2 Å². The van der Waals surface area contributed by atoms with Gasteiger partial charge in [0.1, 0.15) is 35.2 Å². The van der Waals surface area contributed by atoms with Gasteiger partial charge in [-0.25, -0.2) is 0 Å². The molecule has 0 spiro atoms. The van der Waals surface area contributed by atoms with E-state index >= 15 is 0 Å². The molecular formula is C44H42O7. The van der Waals surface area contributed by atoms with Crippen LogP contribution in [-0.4, -0.2) is 39.2 Å². The molecule has 260 valence electrons. The van der Waals surface area contributed by atoms with E-state index in [2.05, 4.69) is 49.4 Å². The van der Waals surface area contributed by atoms with Crippen LogP contribution in [-0.2, 0) is 30.3 Å². The lowest BCUT2D eigenvalue weighted by Crippen LogP contribution is -2.35. The summed E-state index contributed by atoms with van der Waals surface area (Å²) in [6.45, 7) is 5.99. The lowest BCUT2D eigenvalue weighted by Gasteiger charge is -2.39.